The lowest BCUT2D eigenvalue weighted by Crippen LogP contribution is -2.18. The van der Waals surface area contributed by atoms with Gasteiger partial charge in [0.25, 0.3) is 0 Å². The average molecular weight is 306 g/mol. The molecule has 1 rings (SSSR count). The van der Waals surface area contributed by atoms with E-state index in [1.165, 1.54) is 0 Å². The van der Waals surface area contributed by atoms with Crippen LogP contribution in [0.1, 0.15) is 23.7 Å². The fourth-order valence-electron chi connectivity index (χ4n) is 1.44. The molecule has 1 aromatic carbocycles. The van der Waals surface area contributed by atoms with E-state index in [0.29, 0.717) is 24.3 Å². The van der Waals surface area contributed by atoms with E-state index in [4.69, 9.17) is 9.47 Å². The van der Waals surface area contributed by atoms with Crippen molar-refractivity contribution in [3.8, 4) is 5.75 Å². The molecule has 0 aromatic heterocycles. The van der Waals surface area contributed by atoms with Crippen LogP contribution in [0.4, 0.5) is 13.2 Å². The zero-order valence-corrected chi connectivity index (χ0v) is 11.6. The van der Waals surface area contributed by atoms with Gasteiger partial charge >= 0.3 is 12.1 Å². The molecule has 118 valence electrons. The van der Waals surface area contributed by atoms with E-state index in [1.54, 1.807) is 31.2 Å². The largest absolute Gasteiger partial charge is 0.494 e. The Balaban J connectivity index is 2.22. The molecule has 0 fully saturated rings. The van der Waals surface area contributed by atoms with Crippen LogP contribution in [0.3, 0.4) is 0 Å². The van der Waals surface area contributed by atoms with Gasteiger partial charge < -0.3 is 14.2 Å². The third kappa shape index (κ3) is 7.55. The van der Waals surface area contributed by atoms with Crippen molar-refractivity contribution in [1.82, 2.24) is 0 Å². The van der Waals surface area contributed by atoms with Crippen LogP contribution in [-0.2, 0) is 9.47 Å². The summed E-state index contributed by atoms with van der Waals surface area (Å²) in [6, 6.07) is 6.33. The van der Waals surface area contributed by atoms with Crippen molar-refractivity contribution in [2.45, 2.75) is 19.5 Å². The molecule has 21 heavy (non-hydrogen) atoms. The lowest BCUT2D eigenvalue weighted by molar-refractivity contribution is -0.174. The molecule has 0 radical (unpaired) electrons. The summed E-state index contributed by atoms with van der Waals surface area (Å²) in [5.74, 6) is 0.114. The molecule has 0 amide bonds. The smallest absolute Gasteiger partial charge is 0.411 e. The molecule has 0 atom stereocenters. The normalized spacial score (nSPS) is 11.2. The molecule has 0 bridgehead atoms. The molecule has 7 heteroatoms. The number of carbonyl (C=O) groups is 1. The number of ether oxygens (including phenoxy) is 3. The van der Waals surface area contributed by atoms with E-state index < -0.39 is 18.8 Å². The molecule has 0 saturated heterocycles. The second-order valence-corrected chi connectivity index (χ2v) is 4.11. The molecule has 0 saturated carbocycles. The number of halogens is 3. The molecule has 0 heterocycles. The van der Waals surface area contributed by atoms with Crippen LogP contribution in [0.2, 0.25) is 0 Å². The molecule has 0 aliphatic carbocycles. The van der Waals surface area contributed by atoms with Gasteiger partial charge in [0, 0.05) is 6.42 Å². The molecule has 1 aromatic rings. The summed E-state index contributed by atoms with van der Waals surface area (Å²) in [6.45, 7) is 0.976. The number of hydrogen-bond donors (Lipinski definition) is 0. The summed E-state index contributed by atoms with van der Waals surface area (Å²) in [4.78, 5) is 11.4. The SMILES string of the molecule is CCOC(=O)c1ccc(OCCCOCC(F)(F)F)cc1. The van der Waals surface area contributed by atoms with Gasteiger partial charge in [-0.05, 0) is 31.2 Å². The highest BCUT2D eigenvalue weighted by Gasteiger charge is 2.27. The first kappa shape index (κ1) is 17.3. The lowest BCUT2D eigenvalue weighted by Gasteiger charge is -2.09. The van der Waals surface area contributed by atoms with Crippen molar-refractivity contribution in [3.63, 3.8) is 0 Å². The highest BCUT2D eigenvalue weighted by molar-refractivity contribution is 5.89. The molecule has 0 spiro atoms. The Morgan fingerprint density at radius 1 is 1.14 bits per heavy atom. The third-order valence-corrected chi connectivity index (χ3v) is 2.33. The number of esters is 1. The van der Waals surface area contributed by atoms with Crippen LogP contribution >= 0.6 is 0 Å². The van der Waals surface area contributed by atoms with Gasteiger partial charge in [0.15, 0.2) is 0 Å². The van der Waals surface area contributed by atoms with E-state index in [-0.39, 0.29) is 13.2 Å². The van der Waals surface area contributed by atoms with E-state index in [1.807, 2.05) is 0 Å². The summed E-state index contributed by atoms with van der Waals surface area (Å²) in [6.07, 6.45) is -3.96. The van der Waals surface area contributed by atoms with E-state index in [2.05, 4.69) is 4.74 Å². The first-order valence-corrected chi connectivity index (χ1v) is 6.47. The van der Waals surface area contributed by atoms with Crippen LogP contribution in [0.15, 0.2) is 24.3 Å². The van der Waals surface area contributed by atoms with E-state index in [9.17, 15) is 18.0 Å². The van der Waals surface area contributed by atoms with Gasteiger partial charge in [-0.3, -0.25) is 0 Å². The summed E-state index contributed by atoms with van der Waals surface area (Å²) in [7, 11) is 0. The molecular weight excluding hydrogens is 289 g/mol. The highest BCUT2D eigenvalue weighted by atomic mass is 19.4. The quantitative estimate of drug-likeness (QED) is 0.546. The monoisotopic (exact) mass is 306 g/mol. The maximum Gasteiger partial charge on any atom is 0.411 e. The number of rotatable bonds is 8. The second-order valence-electron chi connectivity index (χ2n) is 4.11. The Bertz CT molecular complexity index is 429. The van der Waals surface area contributed by atoms with Gasteiger partial charge in [0.05, 0.1) is 25.4 Å². The predicted molar refractivity (Wildman–Crippen MR) is 69.4 cm³/mol. The third-order valence-electron chi connectivity index (χ3n) is 2.33. The molecule has 0 N–H and O–H groups in total. The van der Waals surface area contributed by atoms with Gasteiger partial charge in [0.1, 0.15) is 12.4 Å². The van der Waals surface area contributed by atoms with E-state index >= 15 is 0 Å². The predicted octanol–water partition coefficient (Wildman–Crippen LogP) is 3.21. The van der Waals surface area contributed by atoms with Crippen LogP contribution in [0.25, 0.3) is 0 Å². The molecule has 0 unspecified atom stereocenters. The van der Waals surface area contributed by atoms with Gasteiger partial charge in [-0.2, -0.15) is 13.2 Å². The molecule has 4 nitrogen and oxygen atoms in total. The zero-order chi connectivity index (χ0) is 15.7. The molecule has 0 aliphatic heterocycles. The lowest BCUT2D eigenvalue weighted by atomic mass is 10.2. The van der Waals surface area contributed by atoms with Crippen molar-refractivity contribution in [2.75, 3.05) is 26.4 Å². The fraction of sp³-hybridized carbons (Fsp3) is 0.500. The number of alkyl halides is 3. The van der Waals surface area contributed by atoms with Gasteiger partial charge in [-0.25, -0.2) is 4.79 Å². The standard InChI is InChI=1S/C14H17F3O4/c1-2-20-13(18)11-4-6-12(7-5-11)21-9-3-8-19-10-14(15,16)17/h4-7H,2-3,8-10H2,1H3. The van der Waals surface area contributed by atoms with Gasteiger partial charge in [-0.15, -0.1) is 0 Å². The average Bonchev–Trinajstić information content (AvgIpc) is 2.42. The van der Waals surface area contributed by atoms with Crippen molar-refractivity contribution >= 4 is 5.97 Å². The topological polar surface area (TPSA) is 44.8 Å². The number of hydrogen-bond acceptors (Lipinski definition) is 4. The highest BCUT2D eigenvalue weighted by Crippen LogP contribution is 2.15. The van der Waals surface area contributed by atoms with E-state index in [0.717, 1.165) is 0 Å². The Kier molecular flexibility index (Phi) is 7.01. The van der Waals surface area contributed by atoms with Gasteiger partial charge in [0.2, 0.25) is 0 Å². The second kappa shape index (κ2) is 8.51. The number of carbonyl (C=O) groups excluding carboxylic acids is 1. The maximum atomic E-state index is 11.8. The first-order valence-electron chi connectivity index (χ1n) is 6.47. The van der Waals surface area contributed by atoms with Gasteiger partial charge in [-0.1, -0.05) is 0 Å². The molecular formula is C14H17F3O4. The Morgan fingerprint density at radius 3 is 2.38 bits per heavy atom. The first-order chi connectivity index (χ1) is 9.92. The summed E-state index contributed by atoms with van der Waals surface area (Å²) in [5.41, 5.74) is 0.415. The van der Waals surface area contributed by atoms with Crippen molar-refractivity contribution < 1.29 is 32.2 Å². The minimum atomic E-state index is -4.30. The van der Waals surface area contributed by atoms with Crippen LogP contribution in [0, 0.1) is 0 Å². The number of benzene rings is 1. The zero-order valence-electron chi connectivity index (χ0n) is 11.6. The Morgan fingerprint density at radius 2 is 1.81 bits per heavy atom. The molecule has 0 aliphatic rings. The summed E-state index contributed by atoms with van der Waals surface area (Å²) in [5, 5.41) is 0. The Hall–Kier alpha value is -1.76. The summed E-state index contributed by atoms with van der Waals surface area (Å²) >= 11 is 0. The minimum Gasteiger partial charge on any atom is -0.494 e. The van der Waals surface area contributed by atoms with Crippen LogP contribution in [-0.4, -0.2) is 38.6 Å². The van der Waals surface area contributed by atoms with Crippen molar-refractivity contribution in [2.24, 2.45) is 0 Å². The maximum absolute atomic E-state index is 11.8. The summed E-state index contributed by atoms with van der Waals surface area (Å²) < 4.78 is 50.0. The Labute approximate surface area is 120 Å². The van der Waals surface area contributed by atoms with Crippen LogP contribution < -0.4 is 4.74 Å². The minimum absolute atomic E-state index is 0.0274. The fourth-order valence-corrected chi connectivity index (χ4v) is 1.44. The van der Waals surface area contributed by atoms with Crippen molar-refractivity contribution in [3.05, 3.63) is 29.8 Å². The van der Waals surface area contributed by atoms with Crippen LogP contribution in [0.5, 0.6) is 5.75 Å². The van der Waals surface area contributed by atoms with Crippen molar-refractivity contribution in [1.29, 1.82) is 0 Å².